The Morgan fingerprint density at radius 2 is 2.30 bits per heavy atom. The first-order valence-corrected chi connectivity index (χ1v) is 8.15. The van der Waals surface area contributed by atoms with Gasteiger partial charge in [-0.25, -0.2) is 0 Å². The lowest BCUT2D eigenvalue weighted by Gasteiger charge is -2.21. The third-order valence-electron chi connectivity index (χ3n) is 3.43. The van der Waals surface area contributed by atoms with Crippen molar-refractivity contribution in [2.45, 2.75) is 12.5 Å². The number of nitrogens with one attached hydrogen (secondary N) is 1. The summed E-state index contributed by atoms with van der Waals surface area (Å²) in [6.07, 6.45) is 4.86. The summed E-state index contributed by atoms with van der Waals surface area (Å²) in [5.41, 5.74) is 7.09. The number of halogens is 1. The SMILES string of the molecule is CN(C)C(CN=C(N)NCCc1cccs1)c1cnn(C)c1.I. The molecule has 0 aliphatic carbocycles. The van der Waals surface area contributed by atoms with Crippen molar-refractivity contribution in [3.63, 3.8) is 0 Å². The van der Waals surface area contributed by atoms with E-state index in [1.807, 2.05) is 33.5 Å². The smallest absolute Gasteiger partial charge is 0.188 e. The van der Waals surface area contributed by atoms with Gasteiger partial charge in [-0.3, -0.25) is 9.67 Å². The van der Waals surface area contributed by atoms with Crippen molar-refractivity contribution >= 4 is 41.3 Å². The summed E-state index contributed by atoms with van der Waals surface area (Å²) in [6.45, 7) is 1.41. The fraction of sp³-hybridized carbons (Fsp3) is 0.467. The number of hydrogen-bond donors (Lipinski definition) is 2. The maximum absolute atomic E-state index is 5.95. The summed E-state index contributed by atoms with van der Waals surface area (Å²) in [4.78, 5) is 7.93. The van der Waals surface area contributed by atoms with Crippen LogP contribution in [0, 0.1) is 0 Å². The van der Waals surface area contributed by atoms with Crippen LogP contribution in [0.5, 0.6) is 0 Å². The fourth-order valence-corrected chi connectivity index (χ4v) is 2.90. The first kappa shape index (κ1) is 19.9. The van der Waals surface area contributed by atoms with Crippen molar-refractivity contribution in [2.75, 3.05) is 27.2 Å². The lowest BCUT2D eigenvalue weighted by Crippen LogP contribution is -2.34. The number of likely N-dealkylation sites (N-methyl/N-ethyl adjacent to an activating group) is 1. The van der Waals surface area contributed by atoms with Crippen LogP contribution in [-0.4, -0.2) is 47.8 Å². The molecule has 2 aromatic rings. The number of aromatic nitrogens is 2. The second-order valence-electron chi connectivity index (χ2n) is 5.41. The van der Waals surface area contributed by atoms with E-state index in [4.69, 9.17) is 5.73 Å². The molecule has 23 heavy (non-hydrogen) atoms. The number of thiophene rings is 1. The minimum absolute atomic E-state index is 0. The van der Waals surface area contributed by atoms with E-state index < -0.39 is 0 Å². The predicted octanol–water partition coefficient (Wildman–Crippen LogP) is 1.85. The molecule has 0 aliphatic rings. The van der Waals surface area contributed by atoms with Crippen molar-refractivity contribution in [1.29, 1.82) is 0 Å². The third-order valence-corrected chi connectivity index (χ3v) is 4.36. The quantitative estimate of drug-likeness (QED) is 0.386. The highest BCUT2D eigenvalue weighted by Crippen LogP contribution is 2.17. The minimum Gasteiger partial charge on any atom is -0.370 e. The Kier molecular flexibility index (Phi) is 8.56. The highest BCUT2D eigenvalue weighted by Gasteiger charge is 2.15. The zero-order valence-corrected chi connectivity index (χ0v) is 16.9. The molecule has 2 aromatic heterocycles. The Bertz CT molecular complexity index is 593. The van der Waals surface area contributed by atoms with Crippen LogP contribution in [0.25, 0.3) is 0 Å². The van der Waals surface area contributed by atoms with Gasteiger partial charge < -0.3 is 16.0 Å². The predicted molar refractivity (Wildman–Crippen MR) is 108 cm³/mol. The first-order valence-electron chi connectivity index (χ1n) is 7.27. The Balaban J connectivity index is 0.00000264. The van der Waals surface area contributed by atoms with E-state index in [1.165, 1.54) is 4.88 Å². The number of aliphatic imine (C=N–C) groups is 1. The molecule has 0 saturated heterocycles. The molecule has 0 spiro atoms. The van der Waals surface area contributed by atoms with Crippen LogP contribution >= 0.6 is 35.3 Å². The first-order chi connectivity index (χ1) is 10.6. The van der Waals surface area contributed by atoms with Crippen LogP contribution in [-0.2, 0) is 13.5 Å². The molecule has 3 N–H and O–H groups in total. The normalized spacial score (nSPS) is 13.0. The molecule has 0 saturated carbocycles. The van der Waals surface area contributed by atoms with Gasteiger partial charge in [0.05, 0.1) is 18.8 Å². The van der Waals surface area contributed by atoms with Gasteiger partial charge in [-0.1, -0.05) is 6.07 Å². The fourth-order valence-electron chi connectivity index (χ4n) is 2.19. The van der Waals surface area contributed by atoms with Gasteiger partial charge in [0, 0.05) is 30.2 Å². The highest BCUT2D eigenvalue weighted by molar-refractivity contribution is 14.0. The summed E-state index contributed by atoms with van der Waals surface area (Å²) < 4.78 is 1.80. The Morgan fingerprint density at radius 1 is 1.52 bits per heavy atom. The van der Waals surface area contributed by atoms with Crippen molar-refractivity contribution in [2.24, 2.45) is 17.8 Å². The van der Waals surface area contributed by atoms with E-state index in [9.17, 15) is 0 Å². The molecule has 1 unspecified atom stereocenters. The molecule has 0 bridgehead atoms. The van der Waals surface area contributed by atoms with Crippen LogP contribution in [0.15, 0.2) is 34.9 Å². The number of rotatable bonds is 7. The average Bonchev–Trinajstić information content (AvgIpc) is 3.11. The van der Waals surface area contributed by atoms with E-state index in [0.717, 1.165) is 18.5 Å². The average molecular weight is 448 g/mol. The van der Waals surface area contributed by atoms with Crippen molar-refractivity contribution < 1.29 is 0 Å². The van der Waals surface area contributed by atoms with Crippen molar-refractivity contribution in [1.82, 2.24) is 20.0 Å². The third kappa shape index (κ3) is 6.48. The van der Waals surface area contributed by atoms with Crippen LogP contribution < -0.4 is 11.1 Å². The number of aryl methyl sites for hydroxylation is 1. The molecule has 1 atom stereocenters. The van der Waals surface area contributed by atoms with E-state index in [0.29, 0.717) is 12.5 Å². The lowest BCUT2D eigenvalue weighted by molar-refractivity contribution is 0.306. The molecule has 0 radical (unpaired) electrons. The second kappa shape index (κ2) is 9.89. The molecule has 0 amide bonds. The molecular weight excluding hydrogens is 423 g/mol. The summed E-state index contributed by atoms with van der Waals surface area (Å²) in [7, 11) is 5.99. The van der Waals surface area contributed by atoms with Gasteiger partial charge in [0.1, 0.15) is 0 Å². The van der Waals surface area contributed by atoms with Gasteiger partial charge in [0.15, 0.2) is 5.96 Å². The van der Waals surface area contributed by atoms with Crippen LogP contribution in [0.4, 0.5) is 0 Å². The van der Waals surface area contributed by atoms with Gasteiger partial charge >= 0.3 is 0 Å². The summed E-state index contributed by atoms with van der Waals surface area (Å²) >= 11 is 1.76. The zero-order valence-electron chi connectivity index (χ0n) is 13.8. The molecule has 128 valence electrons. The Hall–Kier alpha value is -1.13. The van der Waals surface area contributed by atoms with Crippen molar-refractivity contribution in [3.8, 4) is 0 Å². The molecular formula is C15H25IN6S. The van der Waals surface area contributed by atoms with Crippen molar-refractivity contribution in [3.05, 3.63) is 40.3 Å². The standard InChI is InChI=1S/C15H24N6S.HI/c1-20(2)14(12-9-19-21(3)11-12)10-18-15(16)17-7-6-13-5-4-8-22-13;/h4-5,8-9,11,14H,6-7,10H2,1-3H3,(H3,16,17,18);1H. The number of guanidine groups is 1. The molecule has 2 rings (SSSR count). The maximum atomic E-state index is 5.95. The van der Waals surface area contributed by atoms with Gasteiger partial charge in [0.25, 0.3) is 0 Å². The van der Waals surface area contributed by atoms with Crippen LogP contribution in [0.2, 0.25) is 0 Å². The van der Waals surface area contributed by atoms with E-state index >= 15 is 0 Å². The van der Waals surface area contributed by atoms with Crippen LogP contribution in [0.3, 0.4) is 0 Å². The van der Waals surface area contributed by atoms with E-state index in [-0.39, 0.29) is 30.0 Å². The molecule has 0 aromatic carbocycles. The van der Waals surface area contributed by atoms with Gasteiger partial charge in [-0.15, -0.1) is 35.3 Å². The molecule has 8 heteroatoms. The number of hydrogen-bond acceptors (Lipinski definition) is 4. The Labute approximate surface area is 158 Å². The largest absolute Gasteiger partial charge is 0.370 e. The topological polar surface area (TPSA) is 71.5 Å². The maximum Gasteiger partial charge on any atom is 0.188 e. The molecule has 0 fully saturated rings. The monoisotopic (exact) mass is 448 g/mol. The highest BCUT2D eigenvalue weighted by atomic mass is 127. The van der Waals surface area contributed by atoms with Gasteiger partial charge in [0.2, 0.25) is 0 Å². The summed E-state index contributed by atoms with van der Waals surface area (Å²) in [6, 6.07) is 4.36. The lowest BCUT2D eigenvalue weighted by atomic mass is 10.1. The Morgan fingerprint density at radius 3 is 2.87 bits per heavy atom. The van der Waals surface area contributed by atoms with E-state index in [1.54, 1.807) is 16.0 Å². The molecule has 2 heterocycles. The van der Waals surface area contributed by atoms with Crippen LogP contribution in [0.1, 0.15) is 16.5 Å². The van der Waals surface area contributed by atoms with Gasteiger partial charge in [-0.05, 0) is 32.0 Å². The van der Waals surface area contributed by atoms with E-state index in [2.05, 4.69) is 37.8 Å². The molecule has 0 aliphatic heterocycles. The van der Waals surface area contributed by atoms with Gasteiger partial charge in [-0.2, -0.15) is 5.10 Å². The second-order valence-corrected chi connectivity index (χ2v) is 6.44. The molecule has 6 nitrogen and oxygen atoms in total. The zero-order chi connectivity index (χ0) is 15.9. The summed E-state index contributed by atoms with van der Waals surface area (Å²) in [5, 5.41) is 9.47. The number of nitrogens with zero attached hydrogens (tertiary/aromatic N) is 4. The number of nitrogens with two attached hydrogens (primary N) is 1. The minimum atomic E-state index is 0. The summed E-state index contributed by atoms with van der Waals surface area (Å²) in [5.74, 6) is 0.493.